The topological polar surface area (TPSA) is 53.6 Å². The molecule has 0 atom stereocenters. The molecule has 0 unspecified atom stereocenters. The van der Waals surface area contributed by atoms with Gasteiger partial charge in [0.2, 0.25) is 0 Å². The molecule has 1 aliphatic carbocycles. The summed E-state index contributed by atoms with van der Waals surface area (Å²) in [6.07, 6.45) is 3.99. The Kier molecular flexibility index (Phi) is 1.51. The molecule has 58 valence electrons. The molecule has 1 aromatic heterocycles. The molecule has 1 heterocycles. The third-order valence-corrected chi connectivity index (χ3v) is 1.94. The predicted molar refractivity (Wildman–Crippen MR) is 40.5 cm³/mol. The lowest BCUT2D eigenvalue weighted by atomic mass is 9.87. The smallest absolute Gasteiger partial charge is 0.473 e. The van der Waals surface area contributed by atoms with Gasteiger partial charge in [0, 0.05) is 0 Å². The van der Waals surface area contributed by atoms with Gasteiger partial charge < -0.3 is 14.5 Å². The van der Waals surface area contributed by atoms with Gasteiger partial charge in [0.1, 0.15) is 5.66 Å². The summed E-state index contributed by atoms with van der Waals surface area (Å²) in [6.45, 7) is 0. The Bertz CT molecular complexity index is 235. The van der Waals surface area contributed by atoms with Crippen LogP contribution in [0.15, 0.2) is 16.7 Å². The Balaban J connectivity index is 2.18. The Morgan fingerprint density at radius 1 is 1.45 bits per heavy atom. The number of hydrogen-bond acceptors (Lipinski definition) is 3. The van der Waals surface area contributed by atoms with E-state index in [4.69, 9.17) is 14.5 Å². The summed E-state index contributed by atoms with van der Waals surface area (Å²) in [7, 11) is -1.47. The quantitative estimate of drug-likeness (QED) is 0.578. The van der Waals surface area contributed by atoms with E-state index >= 15 is 0 Å². The van der Waals surface area contributed by atoms with E-state index in [1.165, 1.54) is 12.8 Å². The van der Waals surface area contributed by atoms with E-state index < -0.39 is 7.12 Å². The van der Waals surface area contributed by atoms with Gasteiger partial charge >= 0.3 is 7.12 Å². The zero-order chi connectivity index (χ0) is 7.84. The van der Waals surface area contributed by atoms with Crippen molar-refractivity contribution in [2.75, 3.05) is 0 Å². The fraction of sp³-hybridized carbons (Fsp3) is 0.429. The maximum absolute atomic E-state index is 8.70. The van der Waals surface area contributed by atoms with Crippen LogP contribution in [0.1, 0.15) is 24.3 Å². The van der Waals surface area contributed by atoms with Crippen molar-refractivity contribution >= 4 is 12.8 Å². The molecule has 2 N–H and O–H groups in total. The summed E-state index contributed by atoms with van der Waals surface area (Å²) in [5.74, 6) is 0.603. The Labute approximate surface area is 64.8 Å². The highest BCUT2D eigenvalue weighted by Gasteiger charge is 2.27. The molecule has 0 radical (unpaired) electrons. The summed E-state index contributed by atoms with van der Waals surface area (Å²) in [4.78, 5) is 0. The minimum Gasteiger partial charge on any atom is -0.473 e. The van der Waals surface area contributed by atoms with Crippen LogP contribution in [0.5, 0.6) is 0 Å². The fourth-order valence-electron chi connectivity index (χ4n) is 1.13. The molecule has 0 spiro atoms. The summed E-state index contributed by atoms with van der Waals surface area (Å²) < 4.78 is 4.93. The van der Waals surface area contributed by atoms with Crippen LogP contribution >= 0.6 is 0 Å². The van der Waals surface area contributed by atoms with Gasteiger partial charge in [-0.2, -0.15) is 0 Å². The first-order chi connectivity index (χ1) is 5.27. The van der Waals surface area contributed by atoms with Crippen LogP contribution in [0.2, 0.25) is 0 Å². The summed E-state index contributed by atoms with van der Waals surface area (Å²) in [6, 6.07) is 1.71. The summed E-state index contributed by atoms with van der Waals surface area (Å²) in [5, 5.41) is 17.4. The second-order valence-electron chi connectivity index (χ2n) is 2.93. The molecule has 0 aliphatic heterocycles. The largest absolute Gasteiger partial charge is 0.526 e. The molecule has 1 fully saturated rings. The average Bonchev–Trinajstić information content (AvgIpc) is 2.68. The summed E-state index contributed by atoms with van der Waals surface area (Å²) in [5.41, 5.74) is 1.33. The molecule has 1 aliphatic rings. The van der Waals surface area contributed by atoms with Gasteiger partial charge in [0.15, 0.2) is 0 Å². The van der Waals surface area contributed by atoms with Gasteiger partial charge in [-0.3, -0.25) is 0 Å². The van der Waals surface area contributed by atoms with Crippen LogP contribution < -0.4 is 5.66 Å². The zero-order valence-electron chi connectivity index (χ0n) is 6.03. The molecule has 4 heteroatoms. The highest BCUT2D eigenvalue weighted by atomic mass is 16.4. The monoisotopic (exact) mass is 152 g/mol. The van der Waals surface area contributed by atoms with Crippen LogP contribution in [0.3, 0.4) is 0 Å². The molecular formula is C7H9BO3. The van der Waals surface area contributed by atoms with Crippen LogP contribution in [-0.4, -0.2) is 17.2 Å². The summed E-state index contributed by atoms with van der Waals surface area (Å²) >= 11 is 0. The normalized spacial score (nSPS) is 16.9. The first-order valence-electron chi connectivity index (χ1n) is 3.72. The van der Waals surface area contributed by atoms with Crippen LogP contribution in [-0.2, 0) is 0 Å². The minimum atomic E-state index is -1.47. The minimum absolute atomic E-state index is 0.243. The lowest BCUT2D eigenvalue weighted by molar-refractivity contribution is 0.409. The van der Waals surface area contributed by atoms with E-state index in [0.717, 1.165) is 5.56 Å². The van der Waals surface area contributed by atoms with E-state index in [9.17, 15) is 0 Å². The number of furan rings is 1. The van der Waals surface area contributed by atoms with Gasteiger partial charge in [-0.25, -0.2) is 0 Å². The standard InChI is InChI=1S/C7H9BO3/c9-8(10)7-3-6(4-11-7)5-1-2-5/h3-5,9-10H,1-2H2. The third-order valence-electron chi connectivity index (χ3n) is 1.94. The van der Waals surface area contributed by atoms with Crippen molar-refractivity contribution < 1.29 is 14.5 Å². The van der Waals surface area contributed by atoms with Crippen molar-refractivity contribution in [3.8, 4) is 0 Å². The molecule has 0 aromatic carbocycles. The maximum Gasteiger partial charge on any atom is 0.526 e. The number of hydrogen-bond donors (Lipinski definition) is 2. The van der Waals surface area contributed by atoms with E-state index in [2.05, 4.69) is 0 Å². The van der Waals surface area contributed by atoms with Gasteiger partial charge in [0.05, 0.1) is 6.26 Å². The van der Waals surface area contributed by atoms with Crippen molar-refractivity contribution in [3.63, 3.8) is 0 Å². The van der Waals surface area contributed by atoms with Crippen molar-refractivity contribution in [1.29, 1.82) is 0 Å². The lowest BCUT2D eigenvalue weighted by Gasteiger charge is -1.87. The van der Waals surface area contributed by atoms with E-state index in [1.807, 2.05) is 0 Å². The molecule has 0 amide bonds. The Morgan fingerprint density at radius 3 is 2.64 bits per heavy atom. The van der Waals surface area contributed by atoms with Crippen LogP contribution in [0.4, 0.5) is 0 Å². The van der Waals surface area contributed by atoms with E-state index in [-0.39, 0.29) is 5.66 Å². The highest BCUT2D eigenvalue weighted by molar-refractivity contribution is 6.57. The SMILES string of the molecule is OB(O)c1cc(C2CC2)co1. The van der Waals surface area contributed by atoms with Crippen molar-refractivity contribution in [2.45, 2.75) is 18.8 Å². The molecule has 11 heavy (non-hydrogen) atoms. The first-order valence-corrected chi connectivity index (χ1v) is 3.72. The van der Waals surface area contributed by atoms with Crippen LogP contribution in [0.25, 0.3) is 0 Å². The molecule has 1 aromatic rings. The zero-order valence-corrected chi connectivity index (χ0v) is 6.03. The fourth-order valence-corrected chi connectivity index (χ4v) is 1.13. The molecule has 0 bridgehead atoms. The average molecular weight is 152 g/mol. The van der Waals surface area contributed by atoms with Gasteiger partial charge in [-0.05, 0) is 30.4 Å². The molecule has 1 saturated carbocycles. The highest BCUT2D eigenvalue weighted by Crippen LogP contribution is 2.39. The Hall–Kier alpha value is -0.735. The molecular weight excluding hydrogens is 143 g/mol. The predicted octanol–water partition coefficient (Wildman–Crippen LogP) is -0.163. The van der Waals surface area contributed by atoms with Crippen molar-refractivity contribution in [1.82, 2.24) is 0 Å². The van der Waals surface area contributed by atoms with Gasteiger partial charge in [-0.1, -0.05) is 0 Å². The van der Waals surface area contributed by atoms with Crippen LogP contribution in [0, 0.1) is 0 Å². The van der Waals surface area contributed by atoms with Gasteiger partial charge in [0.25, 0.3) is 0 Å². The molecule has 0 saturated heterocycles. The van der Waals surface area contributed by atoms with E-state index in [0.29, 0.717) is 5.92 Å². The first kappa shape index (κ1) is 6.94. The van der Waals surface area contributed by atoms with Gasteiger partial charge in [-0.15, -0.1) is 0 Å². The third kappa shape index (κ3) is 1.32. The second kappa shape index (κ2) is 2.39. The number of rotatable bonds is 2. The maximum atomic E-state index is 8.70. The van der Waals surface area contributed by atoms with Crippen molar-refractivity contribution in [2.24, 2.45) is 0 Å². The van der Waals surface area contributed by atoms with E-state index in [1.54, 1.807) is 12.3 Å². The lowest BCUT2D eigenvalue weighted by Crippen LogP contribution is -2.27. The Morgan fingerprint density at radius 2 is 2.18 bits per heavy atom. The molecule has 3 nitrogen and oxygen atoms in total. The second-order valence-corrected chi connectivity index (χ2v) is 2.93. The molecule has 2 rings (SSSR count). The van der Waals surface area contributed by atoms with Crippen molar-refractivity contribution in [3.05, 3.63) is 17.9 Å².